The van der Waals surface area contributed by atoms with E-state index in [9.17, 15) is 14.4 Å². The second-order valence-electron chi connectivity index (χ2n) is 5.18. The van der Waals surface area contributed by atoms with Gasteiger partial charge in [-0.15, -0.1) is 0 Å². The van der Waals surface area contributed by atoms with E-state index in [-0.39, 0.29) is 6.61 Å². The number of carbonyl (C=O) groups is 3. The molecule has 9 nitrogen and oxygen atoms in total. The van der Waals surface area contributed by atoms with Crippen LogP contribution in [0.15, 0.2) is 18.6 Å². The summed E-state index contributed by atoms with van der Waals surface area (Å²) in [5, 5.41) is 0. The molecule has 0 bridgehead atoms. The van der Waals surface area contributed by atoms with Crippen molar-refractivity contribution in [1.29, 1.82) is 0 Å². The number of hydrogen-bond acceptors (Lipinski definition) is 9. The zero-order chi connectivity index (χ0) is 17.7. The van der Waals surface area contributed by atoms with Gasteiger partial charge in [0.2, 0.25) is 0 Å². The Hall–Kier alpha value is -2.55. The standard InChI is InChI=1S/C15H18N2O7/c1-8(18)21-6-12-14(22-9(2)19)15(23-10(3)20)13(24-12)11-4-5-16-7-17-11/h4-5,7,12-15H,6H2,1-3H3/t12-,13+,14-,15+/m1/s1. The van der Waals surface area contributed by atoms with Crippen LogP contribution in [0.25, 0.3) is 0 Å². The van der Waals surface area contributed by atoms with Crippen LogP contribution in [-0.4, -0.2) is 52.8 Å². The molecule has 0 saturated carbocycles. The third kappa shape index (κ3) is 4.48. The second-order valence-corrected chi connectivity index (χ2v) is 5.18. The van der Waals surface area contributed by atoms with Crippen LogP contribution in [0.1, 0.15) is 32.6 Å². The first-order valence-corrected chi connectivity index (χ1v) is 7.27. The molecule has 0 amide bonds. The number of carbonyl (C=O) groups excluding carboxylic acids is 3. The highest BCUT2D eigenvalue weighted by Crippen LogP contribution is 2.36. The summed E-state index contributed by atoms with van der Waals surface area (Å²) in [6, 6.07) is 1.60. The lowest BCUT2D eigenvalue weighted by Gasteiger charge is -2.23. The van der Waals surface area contributed by atoms with Gasteiger partial charge in [0.05, 0.1) is 5.69 Å². The molecule has 0 unspecified atom stereocenters. The lowest BCUT2D eigenvalue weighted by atomic mass is 10.0. The topological polar surface area (TPSA) is 114 Å². The van der Waals surface area contributed by atoms with Crippen molar-refractivity contribution in [3.63, 3.8) is 0 Å². The third-order valence-corrected chi connectivity index (χ3v) is 3.26. The van der Waals surface area contributed by atoms with Gasteiger partial charge in [-0.2, -0.15) is 0 Å². The van der Waals surface area contributed by atoms with Crippen molar-refractivity contribution in [2.24, 2.45) is 0 Å². The van der Waals surface area contributed by atoms with Crippen molar-refractivity contribution in [1.82, 2.24) is 9.97 Å². The van der Waals surface area contributed by atoms with Crippen LogP contribution in [0.3, 0.4) is 0 Å². The van der Waals surface area contributed by atoms with E-state index in [1.54, 1.807) is 6.07 Å². The average molecular weight is 338 g/mol. The molecule has 0 spiro atoms. The third-order valence-electron chi connectivity index (χ3n) is 3.26. The molecule has 0 aliphatic carbocycles. The Labute approximate surface area is 138 Å². The first kappa shape index (κ1) is 17.8. The molecular formula is C15H18N2O7. The Balaban J connectivity index is 2.29. The number of ether oxygens (including phenoxy) is 4. The summed E-state index contributed by atoms with van der Waals surface area (Å²) in [5.41, 5.74) is 0.457. The van der Waals surface area contributed by atoms with Crippen LogP contribution in [-0.2, 0) is 33.3 Å². The molecule has 24 heavy (non-hydrogen) atoms. The first-order valence-electron chi connectivity index (χ1n) is 7.27. The monoisotopic (exact) mass is 338 g/mol. The summed E-state index contributed by atoms with van der Waals surface area (Å²) < 4.78 is 21.3. The minimum atomic E-state index is -0.925. The van der Waals surface area contributed by atoms with E-state index in [0.29, 0.717) is 5.69 Å². The molecule has 0 aromatic carbocycles. The molecular weight excluding hydrogens is 320 g/mol. The Kier molecular flexibility index (Phi) is 5.80. The fourth-order valence-corrected chi connectivity index (χ4v) is 2.42. The maximum absolute atomic E-state index is 11.4. The van der Waals surface area contributed by atoms with E-state index in [2.05, 4.69) is 9.97 Å². The van der Waals surface area contributed by atoms with Gasteiger partial charge in [0.1, 0.15) is 25.1 Å². The normalized spacial score (nSPS) is 25.8. The molecule has 0 N–H and O–H groups in total. The molecule has 2 heterocycles. The summed E-state index contributed by atoms with van der Waals surface area (Å²) in [4.78, 5) is 41.8. The number of hydrogen-bond donors (Lipinski definition) is 0. The van der Waals surface area contributed by atoms with Gasteiger partial charge in [0, 0.05) is 27.0 Å². The number of esters is 3. The largest absolute Gasteiger partial charge is 0.463 e. The van der Waals surface area contributed by atoms with Crippen LogP contribution in [0.4, 0.5) is 0 Å². The van der Waals surface area contributed by atoms with Crippen LogP contribution < -0.4 is 0 Å². The fraction of sp³-hybridized carbons (Fsp3) is 0.533. The van der Waals surface area contributed by atoms with Gasteiger partial charge in [-0.05, 0) is 6.07 Å². The SMILES string of the molecule is CC(=O)OC[C@H]1O[C@@H](c2ccncn2)[C@H](OC(C)=O)[C@@H]1OC(C)=O. The van der Waals surface area contributed by atoms with Gasteiger partial charge in [0.15, 0.2) is 12.2 Å². The van der Waals surface area contributed by atoms with E-state index in [1.165, 1.54) is 33.3 Å². The van der Waals surface area contributed by atoms with E-state index < -0.39 is 42.3 Å². The maximum Gasteiger partial charge on any atom is 0.303 e. The highest BCUT2D eigenvalue weighted by Gasteiger charge is 2.50. The van der Waals surface area contributed by atoms with Crippen LogP contribution in [0.5, 0.6) is 0 Å². The minimum absolute atomic E-state index is 0.146. The second kappa shape index (κ2) is 7.82. The molecule has 1 aromatic heterocycles. The van der Waals surface area contributed by atoms with Crippen molar-refractivity contribution in [2.75, 3.05) is 6.61 Å². The predicted octanol–water partition coefficient (Wildman–Crippen LogP) is 0.343. The van der Waals surface area contributed by atoms with Gasteiger partial charge in [-0.3, -0.25) is 14.4 Å². The smallest absolute Gasteiger partial charge is 0.303 e. The summed E-state index contributed by atoms with van der Waals surface area (Å²) in [6.07, 6.45) is -0.572. The summed E-state index contributed by atoms with van der Waals surface area (Å²) in [7, 11) is 0. The molecule has 2 rings (SSSR count). The van der Waals surface area contributed by atoms with Gasteiger partial charge in [-0.25, -0.2) is 9.97 Å². The van der Waals surface area contributed by atoms with Crippen molar-refractivity contribution < 1.29 is 33.3 Å². The van der Waals surface area contributed by atoms with E-state index >= 15 is 0 Å². The zero-order valence-corrected chi connectivity index (χ0v) is 13.5. The Morgan fingerprint density at radius 2 is 1.75 bits per heavy atom. The van der Waals surface area contributed by atoms with Crippen LogP contribution >= 0.6 is 0 Å². The average Bonchev–Trinajstić information content (AvgIpc) is 2.83. The quantitative estimate of drug-likeness (QED) is 0.554. The lowest BCUT2D eigenvalue weighted by molar-refractivity contribution is -0.165. The maximum atomic E-state index is 11.4. The summed E-state index contributed by atoms with van der Waals surface area (Å²) >= 11 is 0. The molecule has 1 fully saturated rings. The summed E-state index contributed by atoms with van der Waals surface area (Å²) in [6.45, 7) is 3.57. The predicted molar refractivity (Wildman–Crippen MR) is 77.4 cm³/mol. The Morgan fingerprint density at radius 1 is 1.08 bits per heavy atom. The van der Waals surface area contributed by atoms with Gasteiger partial charge in [-0.1, -0.05) is 0 Å². The molecule has 1 aromatic rings. The van der Waals surface area contributed by atoms with Gasteiger partial charge >= 0.3 is 17.9 Å². The molecule has 9 heteroatoms. The van der Waals surface area contributed by atoms with Crippen molar-refractivity contribution in [3.05, 3.63) is 24.3 Å². The highest BCUT2D eigenvalue weighted by molar-refractivity contribution is 5.68. The van der Waals surface area contributed by atoms with Crippen molar-refractivity contribution in [2.45, 2.75) is 45.2 Å². The lowest BCUT2D eigenvalue weighted by Crippen LogP contribution is -2.40. The molecule has 4 atom stereocenters. The van der Waals surface area contributed by atoms with Gasteiger partial charge < -0.3 is 18.9 Å². The molecule has 0 radical (unpaired) electrons. The number of aromatic nitrogens is 2. The minimum Gasteiger partial charge on any atom is -0.463 e. The molecule has 1 aliphatic heterocycles. The molecule has 1 aliphatic rings. The van der Waals surface area contributed by atoms with Gasteiger partial charge in [0.25, 0.3) is 0 Å². The fourth-order valence-electron chi connectivity index (χ4n) is 2.42. The zero-order valence-electron chi connectivity index (χ0n) is 13.5. The number of nitrogens with zero attached hydrogens (tertiary/aromatic N) is 2. The van der Waals surface area contributed by atoms with E-state index in [0.717, 1.165) is 0 Å². The molecule has 1 saturated heterocycles. The van der Waals surface area contributed by atoms with Crippen LogP contribution in [0.2, 0.25) is 0 Å². The number of rotatable bonds is 5. The molecule has 130 valence electrons. The van der Waals surface area contributed by atoms with E-state index in [1.807, 2.05) is 0 Å². The Bertz CT molecular complexity index is 607. The highest BCUT2D eigenvalue weighted by atomic mass is 16.6. The Morgan fingerprint density at radius 3 is 2.29 bits per heavy atom. The van der Waals surface area contributed by atoms with E-state index in [4.69, 9.17) is 18.9 Å². The van der Waals surface area contributed by atoms with Crippen LogP contribution in [0, 0.1) is 0 Å². The van der Waals surface area contributed by atoms with Crippen molar-refractivity contribution in [3.8, 4) is 0 Å². The first-order chi connectivity index (χ1) is 11.4. The summed E-state index contributed by atoms with van der Waals surface area (Å²) in [5.74, 6) is -1.64. The van der Waals surface area contributed by atoms with Crippen molar-refractivity contribution >= 4 is 17.9 Å².